The average Bonchev–Trinajstić information content (AvgIpc) is 2.40. The molecule has 1 atom stereocenters. The molecule has 1 amide bonds. The predicted molar refractivity (Wildman–Crippen MR) is 74.9 cm³/mol. The molecule has 0 aliphatic carbocycles. The number of para-hydroxylation sites is 1. The fourth-order valence-electron chi connectivity index (χ4n) is 1.72. The summed E-state index contributed by atoms with van der Waals surface area (Å²) in [4.78, 5) is 11.0. The van der Waals surface area contributed by atoms with Gasteiger partial charge in [-0.3, -0.25) is 4.79 Å². The molecule has 2 rings (SSSR count). The Labute approximate surface area is 113 Å². The normalized spacial score (nSPS) is 11.7. The highest BCUT2D eigenvalue weighted by Crippen LogP contribution is 2.22. The molecule has 1 radical (unpaired) electrons. The van der Waals surface area contributed by atoms with Crippen LogP contribution in [0.2, 0.25) is 0 Å². The Morgan fingerprint density at radius 1 is 1.05 bits per heavy atom. The number of ether oxygens (including phenoxy) is 1. The Kier molecular flexibility index (Phi) is 4.18. The van der Waals surface area contributed by atoms with Crippen LogP contribution in [0, 0.1) is 6.92 Å². The van der Waals surface area contributed by atoms with Gasteiger partial charge in [-0.1, -0.05) is 30.3 Å². The van der Waals surface area contributed by atoms with E-state index in [2.05, 4.69) is 12.2 Å². The van der Waals surface area contributed by atoms with Gasteiger partial charge < -0.3 is 10.1 Å². The van der Waals surface area contributed by atoms with Gasteiger partial charge in [0, 0.05) is 6.92 Å². The maximum Gasteiger partial charge on any atom is 0.217 e. The fraction of sp³-hybridized carbons (Fsp3) is 0.125. The molecule has 3 heteroatoms. The van der Waals surface area contributed by atoms with Gasteiger partial charge >= 0.3 is 0 Å². The van der Waals surface area contributed by atoms with E-state index in [1.165, 1.54) is 6.92 Å². The molecule has 1 unspecified atom stereocenters. The van der Waals surface area contributed by atoms with Gasteiger partial charge in [0.25, 0.3) is 0 Å². The maximum absolute atomic E-state index is 11.0. The second-order valence-electron chi connectivity index (χ2n) is 4.24. The summed E-state index contributed by atoms with van der Waals surface area (Å²) in [6, 6.07) is 16.9. The van der Waals surface area contributed by atoms with Crippen LogP contribution in [0.1, 0.15) is 18.5 Å². The summed E-state index contributed by atoms with van der Waals surface area (Å²) in [5, 5.41) is 2.74. The lowest BCUT2D eigenvalue weighted by Gasteiger charge is -2.13. The van der Waals surface area contributed by atoms with Crippen LogP contribution in [0.4, 0.5) is 0 Å². The van der Waals surface area contributed by atoms with Gasteiger partial charge in [-0.15, -0.1) is 0 Å². The summed E-state index contributed by atoms with van der Waals surface area (Å²) in [6.07, 6.45) is 0. The summed E-state index contributed by atoms with van der Waals surface area (Å²) >= 11 is 0. The summed E-state index contributed by atoms with van der Waals surface area (Å²) in [5.74, 6) is 1.46. The van der Waals surface area contributed by atoms with E-state index in [1.807, 2.05) is 54.6 Å². The van der Waals surface area contributed by atoms with Crippen LogP contribution < -0.4 is 10.1 Å². The molecule has 3 nitrogen and oxygen atoms in total. The standard InChI is InChI=1S/C16H16NO2/c1-12(17-13(2)18)14-8-10-16(11-9-14)19-15-6-4-3-5-7-15/h3-12H,1H2,2H3,(H,17,18). The molecule has 0 fully saturated rings. The van der Waals surface area contributed by atoms with Crippen molar-refractivity contribution < 1.29 is 9.53 Å². The molecule has 19 heavy (non-hydrogen) atoms. The number of hydrogen-bond donors (Lipinski definition) is 1. The second kappa shape index (κ2) is 6.05. The number of hydrogen-bond acceptors (Lipinski definition) is 2. The number of carbonyl (C=O) groups excluding carboxylic acids is 1. The van der Waals surface area contributed by atoms with E-state index in [0.717, 1.165) is 17.1 Å². The molecule has 1 N–H and O–H groups in total. The minimum Gasteiger partial charge on any atom is -0.457 e. The molecule has 0 bridgehead atoms. The Balaban J connectivity index is 2.04. The van der Waals surface area contributed by atoms with E-state index in [-0.39, 0.29) is 11.9 Å². The Morgan fingerprint density at radius 3 is 2.21 bits per heavy atom. The highest BCUT2D eigenvalue weighted by Gasteiger charge is 2.06. The molecular weight excluding hydrogens is 238 g/mol. The van der Waals surface area contributed by atoms with Crippen molar-refractivity contribution in [3.05, 3.63) is 67.1 Å². The lowest BCUT2D eigenvalue weighted by Crippen LogP contribution is -2.23. The smallest absolute Gasteiger partial charge is 0.217 e. The molecule has 2 aromatic rings. The molecule has 0 saturated carbocycles. The van der Waals surface area contributed by atoms with Crippen molar-refractivity contribution in [1.29, 1.82) is 0 Å². The zero-order valence-electron chi connectivity index (χ0n) is 10.8. The molecule has 2 aromatic carbocycles. The van der Waals surface area contributed by atoms with Crippen molar-refractivity contribution in [2.45, 2.75) is 13.0 Å². The van der Waals surface area contributed by atoms with Gasteiger partial charge in [0.1, 0.15) is 11.5 Å². The van der Waals surface area contributed by atoms with E-state index in [4.69, 9.17) is 4.74 Å². The van der Waals surface area contributed by atoms with Gasteiger partial charge in [-0.05, 0) is 36.8 Å². The number of nitrogens with one attached hydrogen (secondary N) is 1. The Hall–Kier alpha value is -2.29. The van der Waals surface area contributed by atoms with E-state index in [1.54, 1.807) is 0 Å². The van der Waals surface area contributed by atoms with Gasteiger partial charge in [0.15, 0.2) is 0 Å². The lowest BCUT2D eigenvalue weighted by molar-refractivity contribution is -0.119. The first-order valence-electron chi connectivity index (χ1n) is 6.08. The number of rotatable bonds is 4. The third kappa shape index (κ3) is 3.85. The Bertz CT molecular complexity index is 534. The molecule has 0 saturated heterocycles. The molecule has 0 aliphatic rings. The molecular formula is C16H16NO2. The number of carbonyl (C=O) groups is 1. The lowest BCUT2D eigenvalue weighted by atomic mass is 10.1. The van der Waals surface area contributed by atoms with Crippen molar-refractivity contribution in [3.8, 4) is 11.5 Å². The maximum atomic E-state index is 11.0. The molecule has 0 aromatic heterocycles. The molecule has 97 valence electrons. The molecule has 0 heterocycles. The van der Waals surface area contributed by atoms with E-state index < -0.39 is 0 Å². The van der Waals surface area contributed by atoms with Crippen LogP contribution in [-0.4, -0.2) is 5.91 Å². The number of amides is 1. The number of benzene rings is 2. The minimum absolute atomic E-state index is 0.0930. The third-order valence-electron chi connectivity index (χ3n) is 2.64. The van der Waals surface area contributed by atoms with E-state index >= 15 is 0 Å². The monoisotopic (exact) mass is 254 g/mol. The van der Waals surface area contributed by atoms with Crippen molar-refractivity contribution >= 4 is 5.91 Å². The van der Waals surface area contributed by atoms with E-state index in [9.17, 15) is 4.79 Å². The summed E-state index contributed by atoms with van der Waals surface area (Å²) in [6.45, 7) is 5.37. The van der Waals surface area contributed by atoms with Gasteiger partial charge in [0.05, 0.1) is 6.04 Å². The second-order valence-corrected chi connectivity index (χ2v) is 4.24. The predicted octanol–water partition coefficient (Wildman–Crippen LogP) is 3.49. The highest BCUT2D eigenvalue weighted by atomic mass is 16.5. The van der Waals surface area contributed by atoms with Crippen molar-refractivity contribution in [2.75, 3.05) is 0 Å². The average molecular weight is 254 g/mol. The molecule has 0 spiro atoms. The highest BCUT2D eigenvalue weighted by molar-refractivity contribution is 5.73. The first kappa shape index (κ1) is 13.1. The summed E-state index contributed by atoms with van der Waals surface area (Å²) in [7, 11) is 0. The molecule has 0 aliphatic heterocycles. The van der Waals surface area contributed by atoms with Crippen molar-refractivity contribution in [3.63, 3.8) is 0 Å². The van der Waals surface area contributed by atoms with Crippen molar-refractivity contribution in [1.82, 2.24) is 5.32 Å². The van der Waals surface area contributed by atoms with Crippen LogP contribution in [-0.2, 0) is 4.79 Å². The zero-order valence-corrected chi connectivity index (χ0v) is 10.8. The van der Waals surface area contributed by atoms with Crippen LogP contribution >= 0.6 is 0 Å². The van der Waals surface area contributed by atoms with Crippen LogP contribution in [0.25, 0.3) is 0 Å². The van der Waals surface area contributed by atoms with Crippen LogP contribution in [0.5, 0.6) is 11.5 Å². The van der Waals surface area contributed by atoms with Crippen LogP contribution in [0.15, 0.2) is 54.6 Å². The van der Waals surface area contributed by atoms with Gasteiger partial charge in [-0.25, -0.2) is 0 Å². The van der Waals surface area contributed by atoms with Gasteiger partial charge in [-0.2, -0.15) is 0 Å². The largest absolute Gasteiger partial charge is 0.457 e. The van der Waals surface area contributed by atoms with Crippen molar-refractivity contribution in [2.24, 2.45) is 0 Å². The zero-order chi connectivity index (χ0) is 13.7. The van der Waals surface area contributed by atoms with E-state index in [0.29, 0.717) is 0 Å². The Morgan fingerprint density at radius 2 is 1.63 bits per heavy atom. The van der Waals surface area contributed by atoms with Gasteiger partial charge in [0.2, 0.25) is 5.91 Å². The fourth-order valence-corrected chi connectivity index (χ4v) is 1.72. The third-order valence-corrected chi connectivity index (χ3v) is 2.64. The SMILES string of the molecule is [CH2]C(NC(C)=O)c1ccc(Oc2ccccc2)cc1. The summed E-state index contributed by atoms with van der Waals surface area (Å²) < 4.78 is 5.69. The minimum atomic E-state index is -0.247. The first-order valence-corrected chi connectivity index (χ1v) is 6.08. The quantitative estimate of drug-likeness (QED) is 0.907. The topological polar surface area (TPSA) is 38.3 Å². The van der Waals surface area contributed by atoms with Crippen LogP contribution in [0.3, 0.4) is 0 Å². The first-order chi connectivity index (χ1) is 9.15. The summed E-state index contributed by atoms with van der Waals surface area (Å²) in [5.41, 5.74) is 0.940.